The van der Waals surface area contributed by atoms with Gasteiger partial charge in [0, 0.05) is 6.54 Å². The van der Waals surface area contributed by atoms with E-state index in [1.807, 2.05) is 6.07 Å². The Labute approximate surface area is 115 Å². The van der Waals surface area contributed by atoms with Gasteiger partial charge in [-0.3, -0.25) is 4.90 Å². The maximum atomic E-state index is 12.3. The molecule has 0 spiro atoms. The minimum absolute atomic E-state index is 0.0544. The van der Waals surface area contributed by atoms with Crippen LogP contribution in [0.5, 0.6) is 5.75 Å². The minimum atomic E-state index is -4.38. The molecule has 0 aliphatic heterocycles. The number of nitriles is 1. The molecule has 1 atom stereocenters. The fourth-order valence-electron chi connectivity index (χ4n) is 1.53. The van der Waals surface area contributed by atoms with Crippen LogP contribution in [0.25, 0.3) is 0 Å². The van der Waals surface area contributed by atoms with Crippen LogP contribution in [0.15, 0.2) is 24.3 Å². The molecule has 0 bridgehead atoms. The number of aliphatic hydroxyl groups is 1. The number of aliphatic hydroxyl groups excluding tert-OH is 1. The van der Waals surface area contributed by atoms with Crippen molar-refractivity contribution in [3.05, 3.63) is 29.8 Å². The van der Waals surface area contributed by atoms with Crippen molar-refractivity contribution in [1.82, 2.24) is 4.90 Å². The zero-order chi connectivity index (χ0) is 15.2. The van der Waals surface area contributed by atoms with Gasteiger partial charge in [0.15, 0.2) is 0 Å². The number of rotatable bonds is 6. The topological polar surface area (TPSA) is 56.5 Å². The molecular formula is C13H15F3N2O2. The van der Waals surface area contributed by atoms with E-state index in [1.165, 1.54) is 12.1 Å². The van der Waals surface area contributed by atoms with E-state index < -0.39 is 17.8 Å². The van der Waals surface area contributed by atoms with Gasteiger partial charge < -0.3 is 9.84 Å². The molecule has 1 unspecified atom stereocenters. The van der Waals surface area contributed by atoms with E-state index in [0.717, 1.165) is 12.1 Å². The summed E-state index contributed by atoms with van der Waals surface area (Å²) < 4.78 is 42.2. The predicted octanol–water partition coefficient (Wildman–Crippen LogP) is 1.90. The van der Waals surface area contributed by atoms with E-state index >= 15 is 0 Å². The van der Waals surface area contributed by atoms with Crippen molar-refractivity contribution in [3.63, 3.8) is 0 Å². The Bertz CT molecular complexity index is 454. The number of halogens is 3. The zero-order valence-electron chi connectivity index (χ0n) is 10.9. The fourth-order valence-corrected chi connectivity index (χ4v) is 1.53. The third kappa shape index (κ3) is 5.47. The Hall–Kier alpha value is -1.78. The Balaban J connectivity index is 2.44. The van der Waals surface area contributed by atoms with Gasteiger partial charge in [-0.1, -0.05) is 0 Å². The van der Waals surface area contributed by atoms with Crippen LogP contribution in [0.2, 0.25) is 0 Å². The number of hydrogen-bond acceptors (Lipinski definition) is 4. The van der Waals surface area contributed by atoms with Gasteiger partial charge in [-0.05, 0) is 31.3 Å². The molecule has 1 N–H and O–H groups in total. The number of ether oxygens (including phenoxy) is 1. The number of likely N-dealkylation sites (N-methyl/N-ethyl adjacent to an activating group) is 1. The first-order chi connectivity index (χ1) is 9.32. The zero-order valence-corrected chi connectivity index (χ0v) is 10.9. The maximum Gasteiger partial charge on any atom is 0.416 e. The second kappa shape index (κ2) is 7.12. The van der Waals surface area contributed by atoms with Crippen molar-refractivity contribution in [2.45, 2.75) is 12.3 Å². The summed E-state index contributed by atoms with van der Waals surface area (Å²) in [4.78, 5) is 1.61. The van der Waals surface area contributed by atoms with Gasteiger partial charge in [-0.15, -0.1) is 0 Å². The van der Waals surface area contributed by atoms with Crippen molar-refractivity contribution in [2.75, 3.05) is 26.7 Å². The Morgan fingerprint density at radius 1 is 1.35 bits per heavy atom. The summed E-state index contributed by atoms with van der Waals surface area (Å²) in [6.45, 7) is 0.368. The van der Waals surface area contributed by atoms with Crippen molar-refractivity contribution >= 4 is 0 Å². The van der Waals surface area contributed by atoms with Gasteiger partial charge in [-0.25, -0.2) is 0 Å². The fraction of sp³-hybridized carbons (Fsp3) is 0.462. The molecule has 0 saturated carbocycles. The number of nitrogens with zero attached hydrogens (tertiary/aromatic N) is 2. The first-order valence-corrected chi connectivity index (χ1v) is 5.86. The molecule has 0 radical (unpaired) electrons. The first kappa shape index (κ1) is 16.3. The quantitative estimate of drug-likeness (QED) is 0.812. The summed E-state index contributed by atoms with van der Waals surface area (Å²) >= 11 is 0. The van der Waals surface area contributed by atoms with Crippen LogP contribution in [0.3, 0.4) is 0 Å². The van der Waals surface area contributed by atoms with E-state index in [2.05, 4.69) is 0 Å². The highest BCUT2D eigenvalue weighted by atomic mass is 19.4. The number of hydrogen-bond donors (Lipinski definition) is 1. The van der Waals surface area contributed by atoms with E-state index in [1.54, 1.807) is 11.9 Å². The molecule has 1 aromatic carbocycles. The molecule has 4 nitrogen and oxygen atoms in total. The smallest absolute Gasteiger partial charge is 0.416 e. The average Bonchev–Trinajstić information content (AvgIpc) is 2.36. The molecule has 0 saturated heterocycles. The molecule has 0 amide bonds. The molecule has 0 heterocycles. The largest absolute Gasteiger partial charge is 0.491 e. The normalized spacial score (nSPS) is 13.1. The van der Waals surface area contributed by atoms with E-state index in [9.17, 15) is 18.3 Å². The minimum Gasteiger partial charge on any atom is -0.491 e. The van der Waals surface area contributed by atoms with Crippen LogP contribution >= 0.6 is 0 Å². The summed E-state index contributed by atoms with van der Waals surface area (Å²) in [5.41, 5.74) is -0.751. The van der Waals surface area contributed by atoms with Gasteiger partial charge in [0.2, 0.25) is 0 Å². The third-order valence-electron chi connectivity index (χ3n) is 2.49. The predicted molar refractivity (Wildman–Crippen MR) is 66.1 cm³/mol. The second-order valence-electron chi connectivity index (χ2n) is 4.34. The Morgan fingerprint density at radius 3 is 2.45 bits per heavy atom. The van der Waals surface area contributed by atoms with Crippen molar-refractivity contribution in [2.24, 2.45) is 0 Å². The number of alkyl halides is 3. The molecule has 7 heteroatoms. The summed E-state index contributed by atoms with van der Waals surface area (Å²) in [7, 11) is 1.67. The monoisotopic (exact) mass is 288 g/mol. The lowest BCUT2D eigenvalue weighted by molar-refractivity contribution is -0.137. The molecule has 110 valence electrons. The van der Waals surface area contributed by atoms with Gasteiger partial charge in [0.05, 0.1) is 18.2 Å². The van der Waals surface area contributed by atoms with Crippen molar-refractivity contribution in [1.29, 1.82) is 5.26 Å². The van der Waals surface area contributed by atoms with Crippen molar-refractivity contribution < 1.29 is 23.0 Å². The van der Waals surface area contributed by atoms with Gasteiger partial charge >= 0.3 is 6.18 Å². The molecule has 0 aliphatic carbocycles. The standard InChI is InChI=1S/C13H15F3N2O2/c1-18(7-6-17)8-11(19)9-20-12-4-2-10(3-5-12)13(14,15)16/h2-5,11,19H,7-9H2,1H3. The summed E-state index contributed by atoms with van der Waals surface area (Å²) in [6, 6.07) is 6.18. The highest BCUT2D eigenvalue weighted by molar-refractivity contribution is 5.28. The molecule has 0 aliphatic rings. The summed E-state index contributed by atoms with van der Waals surface area (Å²) in [5.74, 6) is 0.250. The Morgan fingerprint density at radius 2 is 1.95 bits per heavy atom. The lowest BCUT2D eigenvalue weighted by Crippen LogP contribution is -2.33. The molecule has 1 rings (SSSR count). The molecule has 1 aromatic rings. The van der Waals surface area contributed by atoms with Crippen molar-refractivity contribution in [3.8, 4) is 11.8 Å². The van der Waals surface area contributed by atoms with Crippen LogP contribution in [-0.4, -0.2) is 42.9 Å². The summed E-state index contributed by atoms with van der Waals surface area (Å²) in [5, 5.41) is 18.1. The van der Waals surface area contributed by atoms with Crippen LogP contribution in [0, 0.1) is 11.3 Å². The van der Waals surface area contributed by atoms with Gasteiger partial charge in [-0.2, -0.15) is 18.4 Å². The summed E-state index contributed by atoms with van der Waals surface area (Å²) in [6.07, 6.45) is -5.20. The van der Waals surface area contributed by atoms with Gasteiger partial charge in [0.25, 0.3) is 0 Å². The maximum absolute atomic E-state index is 12.3. The van der Waals surface area contributed by atoms with E-state index in [4.69, 9.17) is 10.00 Å². The molecular weight excluding hydrogens is 273 g/mol. The lowest BCUT2D eigenvalue weighted by atomic mass is 10.2. The van der Waals surface area contributed by atoms with Crippen LogP contribution in [-0.2, 0) is 6.18 Å². The van der Waals surface area contributed by atoms with Crippen LogP contribution < -0.4 is 4.74 Å². The molecule has 0 fully saturated rings. The Kier molecular flexibility index (Phi) is 5.80. The second-order valence-corrected chi connectivity index (χ2v) is 4.34. The average molecular weight is 288 g/mol. The van der Waals surface area contributed by atoms with E-state index in [-0.39, 0.29) is 25.4 Å². The molecule has 0 aromatic heterocycles. The number of benzene rings is 1. The third-order valence-corrected chi connectivity index (χ3v) is 2.49. The SMILES string of the molecule is CN(CC#N)CC(O)COc1ccc(C(F)(F)F)cc1. The van der Waals surface area contributed by atoms with E-state index in [0.29, 0.717) is 0 Å². The highest BCUT2D eigenvalue weighted by Crippen LogP contribution is 2.30. The molecule has 20 heavy (non-hydrogen) atoms. The first-order valence-electron chi connectivity index (χ1n) is 5.86. The highest BCUT2D eigenvalue weighted by Gasteiger charge is 2.30. The van der Waals surface area contributed by atoms with Crippen LogP contribution in [0.1, 0.15) is 5.56 Å². The lowest BCUT2D eigenvalue weighted by Gasteiger charge is -2.18. The van der Waals surface area contributed by atoms with Crippen LogP contribution in [0.4, 0.5) is 13.2 Å². The van der Waals surface area contributed by atoms with Gasteiger partial charge in [0.1, 0.15) is 18.5 Å².